The molecule has 0 aliphatic heterocycles. The Bertz CT molecular complexity index is 374. The van der Waals surface area contributed by atoms with Gasteiger partial charge in [0.1, 0.15) is 5.75 Å². The van der Waals surface area contributed by atoms with Crippen LogP contribution in [0.3, 0.4) is 0 Å². The molecule has 94 valence electrons. The average molecular weight is 235 g/mol. The Morgan fingerprint density at radius 3 is 2.53 bits per heavy atom. The predicted octanol–water partition coefficient (Wildman–Crippen LogP) is 2.64. The minimum atomic E-state index is -0.436. The molecule has 1 aromatic carbocycles. The molecule has 0 fully saturated rings. The molecule has 0 saturated carbocycles. The zero-order chi connectivity index (χ0) is 12.8. The third-order valence-corrected chi connectivity index (χ3v) is 2.76. The van der Waals surface area contributed by atoms with E-state index >= 15 is 0 Å². The van der Waals surface area contributed by atoms with Crippen molar-refractivity contribution in [3.05, 3.63) is 29.8 Å². The van der Waals surface area contributed by atoms with Crippen LogP contribution in [0.25, 0.3) is 0 Å². The second-order valence-electron chi connectivity index (χ2n) is 4.64. The van der Waals surface area contributed by atoms with Crippen LogP contribution in [0.15, 0.2) is 24.3 Å². The molecule has 17 heavy (non-hydrogen) atoms. The van der Waals surface area contributed by atoms with E-state index in [4.69, 9.17) is 10.5 Å². The van der Waals surface area contributed by atoms with Crippen LogP contribution in [-0.2, 0) is 0 Å². The molecule has 0 spiro atoms. The van der Waals surface area contributed by atoms with Crippen molar-refractivity contribution in [1.82, 2.24) is 0 Å². The van der Waals surface area contributed by atoms with Gasteiger partial charge in [0.2, 0.25) is 0 Å². The first kappa shape index (κ1) is 13.7. The van der Waals surface area contributed by atoms with Crippen molar-refractivity contribution in [1.29, 1.82) is 0 Å². The molecule has 0 aromatic heterocycles. The van der Waals surface area contributed by atoms with Gasteiger partial charge in [-0.2, -0.15) is 0 Å². The first-order valence-corrected chi connectivity index (χ1v) is 5.99. The molecule has 1 aromatic rings. The third kappa shape index (κ3) is 3.86. The van der Waals surface area contributed by atoms with Gasteiger partial charge in [-0.3, -0.25) is 4.79 Å². The smallest absolute Gasteiger partial charge is 0.183 e. The summed E-state index contributed by atoms with van der Waals surface area (Å²) in [7, 11) is 1.56. The topological polar surface area (TPSA) is 52.3 Å². The van der Waals surface area contributed by atoms with Gasteiger partial charge in [0.25, 0.3) is 0 Å². The number of ketones is 1. The normalized spacial score (nSPS) is 12.5. The van der Waals surface area contributed by atoms with Crippen LogP contribution in [0.1, 0.15) is 37.0 Å². The average Bonchev–Trinajstić information content (AvgIpc) is 2.34. The lowest BCUT2D eigenvalue weighted by Gasteiger charge is -2.14. The fourth-order valence-electron chi connectivity index (χ4n) is 1.69. The van der Waals surface area contributed by atoms with Crippen LogP contribution in [0, 0.1) is 5.92 Å². The zero-order valence-electron chi connectivity index (χ0n) is 10.8. The van der Waals surface area contributed by atoms with Gasteiger partial charge in [-0.15, -0.1) is 0 Å². The zero-order valence-corrected chi connectivity index (χ0v) is 10.8. The number of hydrogen-bond acceptors (Lipinski definition) is 3. The number of Topliss-reactive ketones (excluding diaryl/α,β-unsaturated/α-hetero) is 1. The van der Waals surface area contributed by atoms with Crippen molar-refractivity contribution in [3.63, 3.8) is 0 Å². The second kappa shape index (κ2) is 6.40. The Kier molecular flexibility index (Phi) is 5.16. The lowest BCUT2D eigenvalue weighted by atomic mass is 9.97. The monoisotopic (exact) mass is 235 g/mol. The van der Waals surface area contributed by atoms with Gasteiger partial charge in [0, 0.05) is 0 Å². The number of hydrogen-bond donors (Lipinski definition) is 1. The first-order chi connectivity index (χ1) is 8.06. The minimum Gasteiger partial charge on any atom is -0.496 e. The Hall–Kier alpha value is -1.35. The van der Waals surface area contributed by atoms with Crippen LogP contribution in [0.5, 0.6) is 5.75 Å². The maximum Gasteiger partial charge on any atom is 0.183 e. The molecule has 3 nitrogen and oxygen atoms in total. The van der Waals surface area contributed by atoms with Crippen molar-refractivity contribution in [2.75, 3.05) is 7.11 Å². The predicted molar refractivity (Wildman–Crippen MR) is 69.4 cm³/mol. The summed E-state index contributed by atoms with van der Waals surface area (Å²) in [6, 6.07) is 6.77. The van der Waals surface area contributed by atoms with Gasteiger partial charge < -0.3 is 10.5 Å². The number of benzene rings is 1. The second-order valence-corrected chi connectivity index (χ2v) is 4.64. The number of ether oxygens (including phenoxy) is 1. The van der Waals surface area contributed by atoms with Gasteiger partial charge >= 0.3 is 0 Å². The highest BCUT2D eigenvalue weighted by molar-refractivity contribution is 6.02. The summed E-state index contributed by atoms with van der Waals surface area (Å²) in [5.41, 5.74) is 6.49. The lowest BCUT2D eigenvalue weighted by molar-refractivity contribution is 0.0951. The first-order valence-electron chi connectivity index (χ1n) is 5.99. The van der Waals surface area contributed by atoms with E-state index in [0.717, 1.165) is 6.42 Å². The lowest BCUT2D eigenvalue weighted by Crippen LogP contribution is -2.31. The molecule has 1 unspecified atom stereocenters. The molecule has 0 aliphatic carbocycles. The molecule has 3 heteroatoms. The number of carbonyl (C=O) groups is 1. The highest BCUT2D eigenvalue weighted by Gasteiger charge is 2.19. The summed E-state index contributed by atoms with van der Waals surface area (Å²) < 4.78 is 5.17. The molecule has 1 atom stereocenters. The van der Waals surface area contributed by atoms with Gasteiger partial charge in [-0.05, 0) is 30.9 Å². The Balaban J connectivity index is 2.74. The molecule has 0 amide bonds. The SMILES string of the molecule is COc1ccccc1C(=O)C(N)CCC(C)C. The molecule has 0 radical (unpaired) electrons. The van der Waals surface area contributed by atoms with Crippen molar-refractivity contribution < 1.29 is 9.53 Å². The van der Waals surface area contributed by atoms with E-state index in [1.54, 1.807) is 19.2 Å². The number of carbonyl (C=O) groups excluding carboxylic acids is 1. The van der Waals surface area contributed by atoms with E-state index < -0.39 is 6.04 Å². The van der Waals surface area contributed by atoms with Gasteiger partial charge in [0.15, 0.2) is 5.78 Å². The van der Waals surface area contributed by atoms with Crippen molar-refractivity contribution in [2.24, 2.45) is 11.7 Å². The van der Waals surface area contributed by atoms with E-state index in [0.29, 0.717) is 23.7 Å². The molecule has 0 saturated heterocycles. The van der Waals surface area contributed by atoms with Crippen molar-refractivity contribution >= 4 is 5.78 Å². The fraction of sp³-hybridized carbons (Fsp3) is 0.500. The van der Waals surface area contributed by atoms with Gasteiger partial charge in [-0.1, -0.05) is 26.0 Å². The van der Waals surface area contributed by atoms with Crippen molar-refractivity contribution in [2.45, 2.75) is 32.7 Å². The molecular formula is C14H21NO2. The molecule has 0 heterocycles. The summed E-state index contributed by atoms with van der Waals surface area (Å²) in [5, 5.41) is 0. The molecule has 0 aliphatic rings. The summed E-state index contributed by atoms with van der Waals surface area (Å²) >= 11 is 0. The fourth-order valence-corrected chi connectivity index (χ4v) is 1.69. The largest absolute Gasteiger partial charge is 0.496 e. The van der Waals surface area contributed by atoms with Crippen LogP contribution < -0.4 is 10.5 Å². The summed E-state index contributed by atoms with van der Waals surface area (Å²) in [5.74, 6) is 1.12. The van der Waals surface area contributed by atoms with Crippen LogP contribution in [0.2, 0.25) is 0 Å². The van der Waals surface area contributed by atoms with E-state index in [-0.39, 0.29) is 5.78 Å². The van der Waals surface area contributed by atoms with E-state index in [1.807, 2.05) is 12.1 Å². The number of methoxy groups -OCH3 is 1. The molecular weight excluding hydrogens is 214 g/mol. The van der Waals surface area contributed by atoms with Gasteiger partial charge in [-0.25, -0.2) is 0 Å². The highest BCUT2D eigenvalue weighted by Crippen LogP contribution is 2.20. The number of nitrogens with two attached hydrogens (primary N) is 1. The standard InChI is InChI=1S/C14H21NO2/c1-10(2)8-9-12(15)14(16)11-6-4-5-7-13(11)17-3/h4-7,10,12H,8-9,15H2,1-3H3. The van der Waals surface area contributed by atoms with Crippen LogP contribution >= 0.6 is 0 Å². The maximum absolute atomic E-state index is 12.1. The highest BCUT2D eigenvalue weighted by atomic mass is 16.5. The Morgan fingerprint density at radius 1 is 1.29 bits per heavy atom. The molecule has 1 rings (SSSR count). The third-order valence-electron chi connectivity index (χ3n) is 2.76. The summed E-state index contributed by atoms with van der Waals surface area (Å²) in [6.45, 7) is 4.25. The van der Waals surface area contributed by atoms with Gasteiger partial charge in [0.05, 0.1) is 18.7 Å². The van der Waals surface area contributed by atoms with Crippen LogP contribution in [0.4, 0.5) is 0 Å². The maximum atomic E-state index is 12.1. The van der Waals surface area contributed by atoms with E-state index in [2.05, 4.69) is 13.8 Å². The molecule has 2 N–H and O–H groups in total. The Morgan fingerprint density at radius 2 is 1.94 bits per heavy atom. The van der Waals surface area contributed by atoms with E-state index in [1.165, 1.54) is 0 Å². The summed E-state index contributed by atoms with van der Waals surface area (Å²) in [6.07, 6.45) is 1.68. The van der Waals surface area contributed by atoms with E-state index in [9.17, 15) is 4.79 Å². The minimum absolute atomic E-state index is 0.0388. The molecule has 0 bridgehead atoms. The number of rotatable bonds is 6. The van der Waals surface area contributed by atoms with Crippen molar-refractivity contribution in [3.8, 4) is 5.75 Å². The quantitative estimate of drug-likeness (QED) is 0.771. The Labute approximate surface area is 103 Å². The summed E-state index contributed by atoms with van der Waals surface area (Å²) in [4.78, 5) is 12.1. The number of para-hydroxylation sites is 1. The van der Waals surface area contributed by atoms with Crippen LogP contribution in [-0.4, -0.2) is 18.9 Å².